The average molecular weight is 360 g/mol. The van der Waals surface area contributed by atoms with Crippen LogP contribution in [-0.2, 0) is 11.2 Å². The molecule has 0 aliphatic rings. The van der Waals surface area contributed by atoms with Gasteiger partial charge in [0.2, 0.25) is 0 Å². The molecule has 6 heteroatoms. The van der Waals surface area contributed by atoms with Crippen LogP contribution < -0.4 is 10.6 Å². The van der Waals surface area contributed by atoms with Crippen molar-refractivity contribution in [2.24, 2.45) is 0 Å². The number of amides is 1. The zero-order valence-corrected chi connectivity index (χ0v) is 14.2. The minimum atomic E-state index is -0.547. The van der Waals surface area contributed by atoms with Crippen LogP contribution in [0.2, 0.25) is 10.0 Å². The van der Waals surface area contributed by atoms with Crippen molar-refractivity contribution >= 4 is 34.8 Å². The number of nitrogens with zero attached hydrogens (tertiary/aromatic N) is 1. The quantitative estimate of drug-likeness (QED) is 0.462. The van der Waals surface area contributed by atoms with E-state index in [0.717, 1.165) is 6.42 Å². The molecule has 0 fully saturated rings. The van der Waals surface area contributed by atoms with Gasteiger partial charge in [0.15, 0.2) is 0 Å². The van der Waals surface area contributed by atoms with E-state index < -0.39 is 5.91 Å². The minimum absolute atomic E-state index is 0.0425. The smallest absolute Gasteiger partial charge is 0.267 e. The van der Waals surface area contributed by atoms with Crippen molar-refractivity contribution in [1.82, 2.24) is 5.32 Å². The molecule has 24 heavy (non-hydrogen) atoms. The molecular weight excluding hydrogens is 345 g/mol. The molecular formula is C18H15Cl2N3O. The largest absolute Gasteiger partial charge is 0.389 e. The van der Waals surface area contributed by atoms with Crippen molar-refractivity contribution in [1.29, 1.82) is 5.26 Å². The second kappa shape index (κ2) is 8.97. The maximum Gasteiger partial charge on any atom is 0.267 e. The highest BCUT2D eigenvalue weighted by molar-refractivity contribution is 6.35. The van der Waals surface area contributed by atoms with Crippen molar-refractivity contribution in [3.63, 3.8) is 0 Å². The maximum absolute atomic E-state index is 12.1. The number of carbonyl (C=O) groups is 1. The summed E-state index contributed by atoms with van der Waals surface area (Å²) in [6.07, 6.45) is 2.19. The van der Waals surface area contributed by atoms with Crippen LogP contribution in [0.4, 0.5) is 5.69 Å². The van der Waals surface area contributed by atoms with Gasteiger partial charge in [-0.25, -0.2) is 0 Å². The molecule has 0 aliphatic carbocycles. The maximum atomic E-state index is 12.1. The van der Waals surface area contributed by atoms with E-state index in [2.05, 4.69) is 10.6 Å². The summed E-state index contributed by atoms with van der Waals surface area (Å²) >= 11 is 11.9. The molecule has 1 amide bonds. The van der Waals surface area contributed by atoms with E-state index in [1.54, 1.807) is 12.1 Å². The highest BCUT2D eigenvalue weighted by Gasteiger charge is 2.11. The number of hydrogen-bond donors (Lipinski definition) is 2. The molecule has 0 spiro atoms. The molecule has 2 aromatic carbocycles. The highest BCUT2D eigenvalue weighted by atomic mass is 35.5. The van der Waals surface area contributed by atoms with Gasteiger partial charge in [-0.2, -0.15) is 5.26 Å². The predicted molar refractivity (Wildman–Crippen MR) is 96.9 cm³/mol. The first-order chi connectivity index (χ1) is 11.6. The molecule has 0 radical (unpaired) electrons. The molecule has 122 valence electrons. The molecule has 2 N–H and O–H groups in total. The van der Waals surface area contributed by atoms with Gasteiger partial charge in [0.1, 0.15) is 11.6 Å². The first-order valence-corrected chi connectivity index (χ1v) is 7.99. The van der Waals surface area contributed by atoms with E-state index in [1.807, 2.05) is 36.4 Å². The summed E-state index contributed by atoms with van der Waals surface area (Å²) in [5.41, 5.74) is 1.49. The van der Waals surface area contributed by atoms with Crippen LogP contribution in [0.1, 0.15) is 5.56 Å². The number of carbonyl (C=O) groups excluding carboxylic acids is 1. The van der Waals surface area contributed by atoms with Gasteiger partial charge in [-0.3, -0.25) is 4.79 Å². The summed E-state index contributed by atoms with van der Waals surface area (Å²) in [4.78, 5) is 12.1. The molecule has 4 nitrogen and oxygen atoms in total. The number of nitrogens with one attached hydrogen (secondary N) is 2. The molecule has 2 aromatic rings. The van der Waals surface area contributed by atoms with Gasteiger partial charge >= 0.3 is 0 Å². The van der Waals surface area contributed by atoms with Crippen molar-refractivity contribution in [2.75, 3.05) is 11.9 Å². The van der Waals surface area contributed by atoms with E-state index in [9.17, 15) is 4.79 Å². The lowest BCUT2D eigenvalue weighted by molar-refractivity contribution is -0.112. The van der Waals surface area contributed by atoms with Crippen molar-refractivity contribution < 1.29 is 4.79 Å². The fourth-order valence-corrected chi connectivity index (χ4v) is 2.30. The minimum Gasteiger partial charge on any atom is -0.389 e. The first-order valence-electron chi connectivity index (χ1n) is 7.24. The Hall–Kier alpha value is -2.48. The molecule has 0 aromatic heterocycles. The monoisotopic (exact) mass is 359 g/mol. The Kier molecular flexibility index (Phi) is 6.68. The second-order valence-electron chi connectivity index (χ2n) is 4.94. The van der Waals surface area contributed by atoms with Gasteiger partial charge in [0, 0.05) is 17.8 Å². The Morgan fingerprint density at radius 2 is 1.92 bits per heavy atom. The van der Waals surface area contributed by atoms with Crippen LogP contribution in [0.15, 0.2) is 60.3 Å². The second-order valence-corrected chi connectivity index (χ2v) is 5.78. The van der Waals surface area contributed by atoms with Crippen LogP contribution in [0.3, 0.4) is 0 Å². The summed E-state index contributed by atoms with van der Waals surface area (Å²) in [5, 5.41) is 15.5. The summed E-state index contributed by atoms with van der Waals surface area (Å²) < 4.78 is 0. The summed E-state index contributed by atoms with van der Waals surface area (Å²) in [5.74, 6) is -0.547. The molecule has 0 unspecified atom stereocenters. The number of rotatable bonds is 6. The zero-order chi connectivity index (χ0) is 17.4. The molecule has 0 saturated heterocycles. The van der Waals surface area contributed by atoms with Crippen LogP contribution >= 0.6 is 23.2 Å². The van der Waals surface area contributed by atoms with Gasteiger partial charge in [-0.05, 0) is 30.2 Å². The van der Waals surface area contributed by atoms with Crippen LogP contribution in [-0.4, -0.2) is 12.5 Å². The SMILES string of the molecule is N#C/C(=C/NCCc1ccccc1)C(=O)Nc1cc(Cl)ccc1Cl. The first kappa shape index (κ1) is 17.9. The van der Waals surface area contributed by atoms with Crippen LogP contribution in [0, 0.1) is 11.3 Å². The van der Waals surface area contributed by atoms with Gasteiger partial charge in [0.05, 0.1) is 10.7 Å². The van der Waals surface area contributed by atoms with E-state index in [4.69, 9.17) is 28.5 Å². The van der Waals surface area contributed by atoms with E-state index >= 15 is 0 Å². The van der Waals surface area contributed by atoms with Gasteiger partial charge < -0.3 is 10.6 Å². The lowest BCUT2D eigenvalue weighted by atomic mass is 10.1. The lowest BCUT2D eigenvalue weighted by Gasteiger charge is -2.07. The van der Waals surface area contributed by atoms with Crippen molar-refractivity contribution in [3.05, 3.63) is 75.9 Å². The van der Waals surface area contributed by atoms with Gasteiger partial charge in [-0.1, -0.05) is 53.5 Å². The topological polar surface area (TPSA) is 64.9 Å². The van der Waals surface area contributed by atoms with Crippen molar-refractivity contribution in [2.45, 2.75) is 6.42 Å². The standard InChI is InChI=1S/C18H15Cl2N3O/c19-15-6-7-16(20)17(10-15)23-18(24)14(11-21)12-22-9-8-13-4-2-1-3-5-13/h1-7,10,12,22H,8-9H2,(H,23,24)/b14-12-. The summed E-state index contributed by atoms with van der Waals surface area (Å²) in [6.45, 7) is 0.612. The van der Waals surface area contributed by atoms with Crippen LogP contribution in [0.25, 0.3) is 0 Å². The number of hydrogen-bond acceptors (Lipinski definition) is 3. The number of anilines is 1. The molecule has 2 rings (SSSR count). The van der Waals surface area contributed by atoms with Crippen LogP contribution in [0.5, 0.6) is 0 Å². The van der Waals surface area contributed by atoms with E-state index in [-0.39, 0.29) is 5.57 Å². The van der Waals surface area contributed by atoms with E-state index in [0.29, 0.717) is 22.3 Å². The number of benzene rings is 2. The Morgan fingerprint density at radius 1 is 1.17 bits per heavy atom. The Labute approximate surface area is 150 Å². The third-order valence-electron chi connectivity index (χ3n) is 3.19. The number of halogens is 2. The lowest BCUT2D eigenvalue weighted by Crippen LogP contribution is -2.18. The Balaban J connectivity index is 1.93. The summed E-state index contributed by atoms with van der Waals surface area (Å²) in [7, 11) is 0. The fraction of sp³-hybridized carbons (Fsp3) is 0.111. The Bertz CT molecular complexity index is 783. The van der Waals surface area contributed by atoms with E-state index in [1.165, 1.54) is 17.8 Å². The Morgan fingerprint density at radius 3 is 2.62 bits per heavy atom. The average Bonchev–Trinajstić information content (AvgIpc) is 2.59. The van der Waals surface area contributed by atoms with Gasteiger partial charge in [0.25, 0.3) is 5.91 Å². The normalized spacial score (nSPS) is 10.8. The molecule has 0 heterocycles. The molecule has 0 aliphatic heterocycles. The summed E-state index contributed by atoms with van der Waals surface area (Å²) in [6, 6.07) is 16.5. The predicted octanol–water partition coefficient (Wildman–Crippen LogP) is 4.17. The third-order valence-corrected chi connectivity index (χ3v) is 3.75. The molecule has 0 bridgehead atoms. The van der Waals surface area contributed by atoms with Crippen molar-refractivity contribution in [3.8, 4) is 6.07 Å². The number of nitriles is 1. The zero-order valence-electron chi connectivity index (χ0n) is 12.7. The fourth-order valence-electron chi connectivity index (χ4n) is 1.97. The van der Waals surface area contributed by atoms with Gasteiger partial charge in [-0.15, -0.1) is 0 Å². The molecule has 0 saturated carbocycles. The third kappa shape index (κ3) is 5.31. The highest BCUT2D eigenvalue weighted by Crippen LogP contribution is 2.25. The molecule has 0 atom stereocenters.